The summed E-state index contributed by atoms with van der Waals surface area (Å²) in [4.78, 5) is 13.2. The molecule has 0 aliphatic carbocycles. The topological polar surface area (TPSA) is 58.4 Å². The van der Waals surface area contributed by atoms with Gasteiger partial charge in [-0.05, 0) is 31.5 Å². The zero-order chi connectivity index (χ0) is 14.8. The average Bonchev–Trinajstić information content (AvgIpc) is 3.09. The van der Waals surface area contributed by atoms with Crippen LogP contribution in [0, 0.1) is 0 Å². The van der Waals surface area contributed by atoms with Gasteiger partial charge >= 0.3 is 5.97 Å². The molecule has 1 saturated heterocycles. The maximum absolute atomic E-state index is 11.2. The Hall–Kier alpha value is -1.85. The number of rotatable bonds is 4. The molecule has 1 fully saturated rings. The molecule has 0 amide bonds. The molecule has 1 aliphatic rings. The summed E-state index contributed by atoms with van der Waals surface area (Å²) >= 11 is 6.15. The van der Waals surface area contributed by atoms with Crippen molar-refractivity contribution >= 4 is 17.6 Å². The van der Waals surface area contributed by atoms with E-state index in [-0.39, 0.29) is 6.04 Å². The molecule has 21 heavy (non-hydrogen) atoms. The number of hydrogen-bond donors (Lipinski definition) is 1. The van der Waals surface area contributed by atoms with Gasteiger partial charge in [0.1, 0.15) is 6.04 Å². The number of halogens is 1. The van der Waals surface area contributed by atoms with Crippen molar-refractivity contribution in [2.24, 2.45) is 0 Å². The first kappa shape index (κ1) is 14.1. The van der Waals surface area contributed by atoms with Gasteiger partial charge in [-0.15, -0.1) is 0 Å². The molecule has 0 saturated carbocycles. The molecule has 2 aromatic rings. The van der Waals surface area contributed by atoms with E-state index >= 15 is 0 Å². The lowest BCUT2D eigenvalue weighted by Gasteiger charge is -2.19. The summed E-state index contributed by atoms with van der Waals surface area (Å²) in [7, 11) is 0. The first-order valence-electron chi connectivity index (χ1n) is 6.90. The molecule has 1 N–H and O–H groups in total. The molecule has 0 bridgehead atoms. The van der Waals surface area contributed by atoms with E-state index in [1.165, 1.54) is 0 Å². The zero-order valence-corrected chi connectivity index (χ0v) is 12.2. The van der Waals surface area contributed by atoms with E-state index in [2.05, 4.69) is 5.10 Å². The van der Waals surface area contributed by atoms with Crippen LogP contribution in [-0.2, 0) is 11.3 Å². The van der Waals surface area contributed by atoms with E-state index in [1.807, 2.05) is 35.4 Å². The number of aliphatic carboxylic acids is 1. The number of carboxylic acid groups (broad SMARTS) is 1. The fraction of sp³-hybridized carbons (Fsp3) is 0.333. The lowest BCUT2D eigenvalue weighted by atomic mass is 10.2. The number of carbonyl (C=O) groups is 1. The van der Waals surface area contributed by atoms with Crippen molar-refractivity contribution in [1.82, 2.24) is 14.7 Å². The third-order valence-electron chi connectivity index (χ3n) is 3.77. The van der Waals surface area contributed by atoms with Crippen LogP contribution in [0.1, 0.15) is 18.4 Å². The normalized spacial score (nSPS) is 19.0. The average molecular weight is 306 g/mol. The predicted octanol–water partition coefficient (Wildman–Crippen LogP) is 2.57. The number of benzene rings is 1. The van der Waals surface area contributed by atoms with E-state index < -0.39 is 5.97 Å². The summed E-state index contributed by atoms with van der Waals surface area (Å²) in [6.07, 6.45) is 5.31. The highest BCUT2D eigenvalue weighted by Crippen LogP contribution is 2.22. The lowest BCUT2D eigenvalue weighted by molar-refractivity contribution is -0.142. The van der Waals surface area contributed by atoms with Gasteiger partial charge in [-0.2, -0.15) is 5.10 Å². The smallest absolute Gasteiger partial charge is 0.320 e. The van der Waals surface area contributed by atoms with E-state index in [0.29, 0.717) is 18.0 Å². The Labute approximate surface area is 127 Å². The summed E-state index contributed by atoms with van der Waals surface area (Å²) < 4.78 is 1.73. The standard InChI is InChI=1S/C15H16ClN3O2/c16-12-4-1-2-5-13(12)19-10-11(8-17-19)9-18-7-3-6-14(18)15(20)21/h1-2,4-5,8,10,14H,3,6-7,9H2,(H,20,21)/t14-/m1/s1. The highest BCUT2D eigenvalue weighted by atomic mass is 35.5. The van der Waals surface area contributed by atoms with Gasteiger partial charge in [-0.1, -0.05) is 23.7 Å². The van der Waals surface area contributed by atoms with E-state index in [4.69, 9.17) is 11.6 Å². The van der Waals surface area contributed by atoms with Crippen LogP contribution >= 0.6 is 11.6 Å². The first-order valence-corrected chi connectivity index (χ1v) is 7.28. The van der Waals surface area contributed by atoms with Gasteiger partial charge in [0.2, 0.25) is 0 Å². The van der Waals surface area contributed by atoms with Crippen LogP contribution in [0.4, 0.5) is 0 Å². The van der Waals surface area contributed by atoms with Crippen molar-refractivity contribution in [3.05, 3.63) is 47.2 Å². The SMILES string of the molecule is O=C(O)[C@H]1CCCN1Cc1cnn(-c2ccccc2Cl)c1. The molecule has 1 atom stereocenters. The molecule has 3 rings (SSSR count). The molecule has 1 aliphatic heterocycles. The molecule has 1 aromatic carbocycles. The second-order valence-corrected chi connectivity index (χ2v) is 5.62. The monoisotopic (exact) mass is 305 g/mol. The van der Waals surface area contributed by atoms with Crippen LogP contribution in [0.5, 0.6) is 0 Å². The second-order valence-electron chi connectivity index (χ2n) is 5.21. The fourth-order valence-electron chi connectivity index (χ4n) is 2.74. The summed E-state index contributed by atoms with van der Waals surface area (Å²) in [5.41, 5.74) is 1.81. The Morgan fingerprint density at radius 2 is 2.24 bits per heavy atom. The van der Waals surface area contributed by atoms with Gasteiger partial charge in [0.25, 0.3) is 0 Å². The highest BCUT2D eigenvalue weighted by molar-refractivity contribution is 6.32. The Kier molecular flexibility index (Phi) is 3.94. The van der Waals surface area contributed by atoms with Gasteiger partial charge in [-0.3, -0.25) is 9.69 Å². The van der Waals surface area contributed by atoms with Crippen molar-refractivity contribution < 1.29 is 9.90 Å². The molecule has 6 heteroatoms. The number of hydrogen-bond acceptors (Lipinski definition) is 3. The predicted molar refractivity (Wildman–Crippen MR) is 79.6 cm³/mol. The molecular formula is C15H16ClN3O2. The Balaban J connectivity index is 1.77. The van der Waals surface area contributed by atoms with Crippen LogP contribution in [0.2, 0.25) is 5.02 Å². The minimum absolute atomic E-state index is 0.381. The van der Waals surface area contributed by atoms with Crippen molar-refractivity contribution in [3.63, 3.8) is 0 Å². The van der Waals surface area contributed by atoms with Gasteiger partial charge in [0.15, 0.2) is 0 Å². The number of carboxylic acids is 1. The van der Waals surface area contributed by atoms with Crippen LogP contribution in [0.25, 0.3) is 5.69 Å². The second kappa shape index (κ2) is 5.87. The zero-order valence-electron chi connectivity index (χ0n) is 11.4. The van der Waals surface area contributed by atoms with Gasteiger partial charge in [0.05, 0.1) is 16.9 Å². The summed E-state index contributed by atoms with van der Waals surface area (Å²) in [5, 5.41) is 14.2. The first-order chi connectivity index (χ1) is 10.1. The lowest BCUT2D eigenvalue weighted by Crippen LogP contribution is -2.35. The molecule has 1 aromatic heterocycles. The van der Waals surface area contributed by atoms with Crippen molar-refractivity contribution in [2.75, 3.05) is 6.54 Å². The summed E-state index contributed by atoms with van der Waals surface area (Å²) in [6, 6.07) is 7.11. The van der Waals surface area contributed by atoms with E-state index in [9.17, 15) is 9.90 Å². The summed E-state index contributed by atoms with van der Waals surface area (Å²) in [5.74, 6) is -0.744. The third-order valence-corrected chi connectivity index (χ3v) is 4.09. The maximum atomic E-state index is 11.2. The third kappa shape index (κ3) is 2.94. The number of likely N-dealkylation sites (tertiary alicyclic amines) is 1. The minimum atomic E-state index is -0.744. The highest BCUT2D eigenvalue weighted by Gasteiger charge is 2.30. The molecule has 0 unspecified atom stereocenters. The van der Waals surface area contributed by atoms with Crippen molar-refractivity contribution in [3.8, 4) is 5.69 Å². The Morgan fingerprint density at radius 3 is 3.00 bits per heavy atom. The molecule has 0 radical (unpaired) electrons. The van der Waals surface area contributed by atoms with Crippen LogP contribution in [-0.4, -0.2) is 38.3 Å². The largest absolute Gasteiger partial charge is 0.480 e. The minimum Gasteiger partial charge on any atom is -0.480 e. The Bertz CT molecular complexity index is 656. The number of aromatic nitrogens is 2. The van der Waals surface area contributed by atoms with Gasteiger partial charge in [-0.25, -0.2) is 4.68 Å². The molecule has 2 heterocycles. The number of para-hydroxylation sites is 1. The van der Waals surface area contributed by atoms with Crippen LogP contribution in [0.15, 0.2) is 36.7 Å². The molecule has 110 valence electrons. The maximum Gasteiger partial charge on any atom is 0.320 e. The van der Waals surface area contributed by atoms with Crippen molar-refractivity contribution in [1.29, 1.82) is 0 Å². The fourth-order valence-corrected chi connectivity index (χ4v) is 2.96. The Morgan fingerprint density at radius 1 is 1.43 bits per heavy atom. The van der Waals surface area contributed by atoms with E-state index in [1.54, 1.807) is 10.9 Å². The quantitative estimate of drug-likeness (QED) is 0.943. The van der Waals surface area contributed by atoms with Gasteiger partial charge < -0.3 is 5.11 Å². The summed E-state index contributed by atoms with van der Waals surface area (Å²) in [6.45, 7) is 1.41. The van der Waals surface area contributed by atoms with Crippen molar-refractivity contribution in [2.45, 2.75) is 25.4 Å². The molecular weight excluding hydrogens is 290 g/mol. The molecule has 5 nitrogen and oxygen atoms in total. The van der Waals surface area contributed by atoms with Crippen LogP contribution < -0.4 is 0 Å². The molecule has 0 spiro atoms. The number of nitrogens with zero attached hydrogens (tertiary/aromatic N) is 3. The van der Waals surface area contributed by atoms with E-state index in [0.717, 1.165) is 24.2 Å². The van der Waals surface area contributed by atoms with Crippen LogP contribution in [0.3, 0.4) is 0 Å². The van der Waals surface area contributed by atoms with Gasteiger partial charge in [0, 0.05) is 18.3 Å².